The Morgan fingerprint density at radius 3 is 2.44 bits per heavy atom. The molecular formula is C15H19BrO2. The molecule has 18 heavy (non-hydrogen) atoms. The van der Waals surface area contributed by atoms with Crippen LogP contribution in [0.4, 0.5) is 0 Å². The van der Waals surface area contributed by atoms with Crippen molar-refractivity contribution in [3.8, 4) is 23.3 Å². The molecule has 0 spiro atoms. The normalized spacial score (nSPS) is 11.4. The van der Waals surface area contributed by atoms with Crippen LogP contribution in [0.25, 0.3) is 0 Å². The molecule has 0 amide bonds. The first-order valence-electron chi connectivity index (χ1n) is 6.01. The van der Waals surface area contributed by atoms with Crippen molar-refractivity contribution in [1.82, 2.24) is 0 Å². The van der Waals surface area contributed by atoms with Crippen LogP contribution in [-0.4, -0.2) is 14.2 Å². The van der Waals surface area contributed by atoms with E-state index < -0.39 is 0 Å². The molecule has 0 saturated heterocycles. The van der Waals surface area contributed by atoms with Gasteiger partial charge < -0.3 is 9.47 Å². The Morgan fingerprint density at radius 2 is 1.89 bits per heavy atom. The third-order valence-corrected chi connectivity index (χ3v) is 3.23. The van der Waals surface area contributed by atoms with Crippen LogP contribution in [0.3, 0.4) is 0 Å². The third kappa shape index (κ3) is 3.96. The van der Waals surface area contributed by atoms with Gasteiger partial charge in [-0.25, -0.2) is 0 Å². The summed E-state index contributed by atoms with van der Waals surface area (Å²) in [5, 5.41) is 0. The number of benzene rings is 1. The molecular weight excluding hydrogens is 292 g/mol. The average molecular weight is 311 g/mol. The second kappa shape index (κ2) is 7.33. The Labute approximate surface area is 118 Å². The SMILES string of the molecule is CCC#CC(C)Cc1cc(Br)c(OC)cc1OC. The van der Waals surface area contributed by atoms with E-state index in [1.54, 1.807) is 14.2 Å². The van der Waals surface area contributed by atoms with Gasteiger partial charge in [-0.3, -0.25) is 0 Å². The van der Waals surface area contributed by atoms with E-state index in [4.69, 9.17) is 9.47 Å². The lowest BCUT2D eigenvalue weighted by atomic mass is 10.0. The van der Waals surface area contributed by atoms with Crippen LogP contribution in [-0.2, 0) is 6.42 Å². The van der Waals surface area contributed by atoms with Gasteiger partial charge in [0.25, 0.3) is 0 Å². The van der Waals surface area contributed by atoms with Crippen LogP contribution < -0.4 is 9.47 Å². The standard InChI is InChI=1S/C15H19BrO2/c1-5-6-7-11(2)8-12-9-13(16)15(18-4)10-14(12)17-3/h9-11H,5,8H2,1-4H3. The Morgan fingerprint density at radius 1 is 1.22 bits per heavy atom. The Balaban J connectivity index is 2.97. The van der Waals surface area contributed by atoms with E-state index in [-0.39, 0.29) is 0 Å². The molecule has 0 radical (unpaired) electrons. The summed E-state index contributed by atoms with van der Waals surface area (Å²) in [5.74, 6) is 8.29. The summed E-state index contributed by atoms with van der Waals surface area (Å²) in [6.07, 6.45) is 1.77. The summed E-state index contributed by atoms with van der Waals surface area (Å²) in [6, 6.07) is 3.95. The molecule has 2 nitrogen and oxygen atoms in total. The zero-order chi connectivity index (χ0) is 13.5. The lowest BCUT2D eigenvalue weighted by Gasteiger charge is -2.13. The van der Waals surface area contributed by atoms with Crippen LogP contribution in [0, 0.1) is 17.8 Å². The van der Waals surface area contributed by atoms with E-state index in [9.17, 15) is 0 Å². The van der Waals surface area contributed by atoms with Crippen LogP contribution in [0.5, 0.6) is 11.5 Å². The quantitative estimate of drug-likeness (QED) is 0.781. The molecule has 1 aromatic rings. The van der Waals surface area contributed by atoms with E-state index in [1.807, 2.05) is 12.1 Å². The zero-order valence-corrected chi connectivity index (χ0v) is 12.9. The van der Waals surface area contributed by atoms with Gasteiger partial charge in [0.1, 0.15) is 11.5 Å². The van der Waals surface area contributed by atoms with E-state index in [2.05, 4.69) is 41.6 Å². The number of halogens is 1. The zero-order valence-electron chi connectivity index (χ0n) is 11.3. The van der Waals surface area contributed by atoms with Gasteiger partial charge in [-0.15, -0.1) is 5.92 Å². The van der Waals surface area contributed by atoms with Gasteiger partial charge in [0.05, 0.1) is 18.7 Å². The van der Waals surface area contributed by atoms with Crippen molar-refractivity contribution in [1.29, 1.82) is 0 Å². The Bertz CT molecular complexity index is 458. The van der Waals surface area contributed by atoms with E-state index in [0.29, 0.717) is 5.92 Å². The van der Waals surface area contributed by atoms with Crippen LogP contribution in [0.2, 0.25) is 0 Å². The molecule has 0 aromatic heterocycles. The molecule has 1 unspecified atom stereocenters. The van der Waals surface area contributed by atoms with E-state index in [1.165, 1.54) is 0 Å². The van der Waals surface area contributed by atoms with Crippen molar-refractivity contribution in [3.05, 3.63) is 22.2 Å². The minimum Gasteiger partial charge on any atom is -0.496 e. The van der Waals surface area contributed by atoms with Gasteiger partial charge in [-0.05, 0) is 34.0 Å². The highest BCUT2D eigenvalue weighted by molar-refractivity contribution is 9.10. The lowest BCUT2D eigenvalue weighted by Crippen LogP contribution is -2.00. The number of rotatable bonds is 4. The lowest BCUT2D eigenvalue weighted by molar-refractivity contribution is 0.388. The van der Waals surface area contributed by atoms with Crippen LogP contribution in [0.1, 0.15) is 25.8 Å². The molecule has 0 aliphatic carbocycles. The van der Waals surface area contributed by atoms with Gasteiger partial charge in [-0.2, -0.15) is 0 Å². The summed E-state index contributed by atoms with van der Waals surface area (Å²) in [4.78, 5) is 0. The van der Waals surface area contributed by atoms with Crippen molar-refractivity contribution >= 4 is 15.9 Å². The number of ether oxygens (including phenoxy) is 2. The molecule has 0 fully saturated rings. The predicted molar refractivity (Wildman–Crippen MR) is 78.2 cm³/mol. The summed E-state index contributed by atoms with van der Waals surface area (Å²) in [6.45, 7) is 4.19. The first-order chi connectivity index (χ1) is 8.62. The van der Waals surface area contributed by atoms with Crippen LogP contribution in [0.15, 0.2) is 16.6 Å². The number of hydrogen-bond acceptors (Lipinski definition) is 2. The first kappa shape index (κ1) is 14.9. The molecule has 0 aliphatic heterocycles. The van der Waals surface area contributed by atoms with E-state index >= 15 is 0 Å². The largest absolute Gasteiger partial charge is 0.496 e. The van der Waals surface area contributed by atoms with Crippen molar-refractivity contribution in [3.63, 3.8) is 0 Å². The maximum absolute atomic E-state index is 5.40. The highest BCUT2D eigenvalue weighted by Gasteiger charge is 2.11. The number of hydrogen-bond donors (Lipinski definition) is 0. The Kier molecular flexibility index (Phi) is 6.07. The second-order valence-electron chi connectivity index (χ2n) is 4.08. The minimum atomic E-state index is 0.319. The minimum absolute atomic E-state index is 0.319. The molecule has 0 bridgehead atoms. The first-order valence-corrected chi connectivity index (χ1v) is 6.80. The van der Waals surface area contributed by atoms with Gasteiger partial charge in [0.2, 0.25) is 0 Å². The highest BCUT2D eigenvalue weighted by Crippen LogP contribution is 2.33. The fraction of sp³-hybridized carbons (Fsp3) is 0.467. The van der Waals surface area contributed by atoms with Gasteiger partial charge in [0, 0.05) is 18.4 Å². The topological polar surface area (TPSA) is 18.5 Å². The summed E-state index contributed by atoms with van der Waals surface area (Å²) < 4.78 is 11.6. The average Bonchev–Trinajstić information content (AvgIpc) is 2.36. The highest BCUT2D eigenvalue weighted by atomic mass is 79.9. The van der Waals surface area contributed by atoms with Gasteiger partial charge >= 0.3 is 0 Å². The Hall–Kier alpha value is -1.14. The molecule has 1 atom stereocenters. The fourth-order valence-corrected chi connectivity index (χ4v) is 2.29. The summed E-state index contributed by atoms with van der Waals surface area (Å²) in [7, 11) is 3.32. The molecule has 3 heteroatoms. The maximum atomic E-state index is 5.40. The smallest absolute Gasteiger partial charge is 0.136 e. The van der Waals surface area contributed by atoms with Crippen molar-refractivity contribution in [2.24, 2.45) is 5.92 Å². The summed E-state index contributed by atoms with van der Waals surface area (Å²) >= 11 is 3.50. The van der Waals surface area contributed by atoms with Crippen molar-refractivity contribution < 1.29 is 9.47 Å². The molecule has 0 aliphatic rings. The van der Waals surface area contributed by atoms with E-state index in [0.717, 1.165) is 34.4 Å². The fourth-order valence-electron chi connectivity index (χ4n) is 1.74. The third-order valence-electron chi connectivity index (χ3n) is 2.61. The van der Waals surface area contributed by atoms with Gasteiger partial charge in [-0.1, -0.05) is 19.8 Å². The predicted octanol–water partition coefficient (Wildman–Crippen LogP) is 4.06. The maximum Gasteiger partial charge on any atom is 0.136 e. The molecule has 98 valence electrons. The summed E-state index contributed by atoms with van der Waals surface area (Å²) in [5.41, 5.74) is 1.14. The molecule has 0 N–H and O–H groups in total. The second-order valence-corrected chi connectivity index (χ2v) is 4.93. The van der Waals surface area contributed by atoms with Gasteiger partial charge in [0.15, 0.2) is 0 Å². The van der Waals surface area contributed by atoms with Crippen molar-refractivity contribution in [2.75, 3.05) is 14.2 Å². The molecule has 0 saturated carbocycles. The van der Waals surface area contributed by atoms with Crippen LogP contribution >= 0.6 is 15.9 Å². The molecule has 1 rings (SSSR count). The monoisotopic (exact) mass is 310 g/mol. The number of methoxy groups -OCH3 is 2. The molecule has 0 heterocycles. The molecule has 1 aromatic carbocycles. The van der Waals surface area contributed by atoms with Crippen molar-refractivity contribution in [2.45, 2.75) is 26.7 Å².